The molecule has 1 aliphatic heterocycles. The van der Waals surface area contributed by atoms with Crippen LogP contribution in [0, 0.1) is 5.92 Å². The fourth-order valence-electron chi connectivity index (χ4n) is 4.61. The molecule has 35 heavy (non-hydrogen) atoms. The molecule has 9 nitrogen and oxygen atoms in total. The van der Waals surface area contributed by atoms with E-state index in [0.717, 1.165) is 12.0 Å². The van der Waals surface area contributed by atoms with Crippen molar-refractivity contribution in [1.29, 1.82) is 0 Å². The topological polar surface area (TPSA) is 107 Å². The van der Waals surface area contributed by atoms with Gasteiger partial charge in [-0.15, -0.1) is 0 Å². The lowest BCUT2D eigenvalue weighted by atomic mass is 10.0. The van der Waals surface area contributed by atoms with Crippen LogP contribution in [-0.2, 0) is 24.4 Å². The van der Waals surface area contributed by atoms with Gasteiger partial charge in [-0.1, -0.05) is 36.9 Å². The molecule has 0 unspecified atom stereocenters. The first-order valence-electron chi connectivity index (χ1n) is 12.1. The summed E-state index contributed by atoms with van der Waals surface area (Å²) in [4.78, 5) is 27.3. The van der Waals surface area contributed by atoms with E-state index in [1.165, 1.54) is 25.7 Å². The van der Waals surface area contributed by atoms with Crippen molar-refractivity contribution >= 4 is 11.8 Å². The maximum absolute atomic E-state index is 13.0. The quantitative estimate of drug-likeness (QED) is 0.458. The zero-order chi connectivity index (χ0) is 24.0. The van der Waals surface area contributed by atoms with Gasteiger partial charge in [-0.25, -0.2) is 0 Å². The standard InChI is InChI=1S/C26H29N3O6/c30-25(10-8-18-4-1-2-5-18)29(15-20-6-3-11-32-20)16-21-13-22(28-35-21)26(31)27-14-19-7-9-23-24(12-19)34-17-33-23/h3,6-7,9,11-13,18H,1-2,4-5,8,10,14-17H2,(H,27,31). The molecule has 1 fully saturated rings. The molecule has 0 atom stereocenters. The second-order valence-corrected chi connectivity index (χ2v) is 9.07. The van der Waals surface area contributed by atoms with E-state index >= 15 is 0 Å². The summed E-state index contributed by atoms with van der Waals surface area (Å²) in [6, 6.07) is 10.7. The van der Waals surface area contributed by atoms with Crippen molar-refractivity contribution in [2.24, 2.45) is 5.92 Å². The highest BCUT2D eigenvalue weighted by molar-refractivity contribution is 5.92. The zero-order valence-electron chi connectivity index (χ0n) is 19.5. The van der Waals surface area contributed by atoms with Crippen LogP contribution >= 0.6 is 0 Å². The molecule has 184 valence electrons. The minimum atomic E-state index is -0.359. The van der Waals surface area contributed by atoms with Gasteiger partial charge in [0.05, 0.1) is 19.4 Å². The van der Waals surface area contributed by atoms with Gasteiger partial charge in [0.1, 0.15) is 5.76 Å². The van der Waals surface area contributed by atoms with Crippen LogP contribution in [-0.4, -0.2) is 28.7 Å². The molecule has 9 heteroatoms. The van der Waals surface area contributed by atoms with Crippen LogP contribution in [0.2, 0.25) is 0 Å². The molecular weight excluding hydrogens is 450 g/mol. The molecule has 3 aromatic rings. The number of nitrogens with zero attached hydrogens (tertiary/aromatic N) is 2. The van der Waals surface area contributed by atoms with Crippen molar-refractivity contribution < 1.29 is 28.0 Å². The van der Waals surface area contributed by atoms with E-state index < -0.39 is 0 Å². The highest BCUT2D eigenvalue weighted by Gasteiger charge is 2.22. The normalized spacial score (nSPS) is 14.9. The number of benzene rings is 1. The lowest BCUT2D eigenvalue weighted by molar-refractivity contribution is -0.133. The molecule has 5 rings (SSSR count). The predicted molar refractivity (Wildman–Crippen MR) is 124 cm³/mol. The van der Waals surface area contributed by atoms with E-state index in [2.05, 4.69) is 10.5 Å². The van der Waals surface area contributed by atoms with Gasteiger partial charge in [-0.2, -0.15) is 0 Å². The van der Waals surface area contributed by atoms with Gasteiger partial charge < -0.3 is 28.6 Å². The number of fused-ring (bicyclic) bond motifs is 1. The molecule has 1 aliphatic carbocycles. The van der Waals surface area contributed by atoms with E-state index in [4.69, 9.17) is 18.4 Å². The number of hydrogen-bond donors (Lipinski definition) is 1. The summed E-state index contributed by atoms with van der Waals surface area (Å²) in [5.74, 6) is 2.81. The Bertz CT molecular complexity index is 1150. The van der Waals surface area contributed by atoms with E-state index in [1.54, 1.807) is 23.3 Å². The first-order valence-corrected chi connectivity index (χ1v) is 12.1. The average molecular weight is 480 g/mol. The van der Waals surface area contributed by atoms with Gasteiger partial charge in [0.15, 0.2) is 23.0 Å². The van der Waals surface area contributed by atoms with Crippen molar-refractivity contribution in [2.75, 3.05) is 6.79 Å². The third-order valence-corrected chi connectivity index (χ3v) is 6.55. The fraction of sp³-hybridized carbons (Fsp3) is 0.423. The van der Waals surface area contributed by atoms with Gasteiger partial charge in [-0.05, 0) is 42.2 Å². The third-order valence-electron chi connectivity index (χ3n) is 6.55. The number of furan rings is 1. The van der Waals surface area contributed by atoms with Gasteiger partial charge in [-0.3, -0.25) is 9.59 Å². The van der Waals surface area contributed by atoms with E-state index in [9.17, 15) is 9.59 Å². The summed E-state index contributed by atoms with van der Waals surface area (Å²) in [7, 11) is 0. The number of aromatic nitrogens is 1. The molecule has 2 aromatic heterocycles. The average Bonchev–Trinajstić information content (AvgIpc) is 3.68. The van der Waals surface area contributed by atoms with Crippen molar-refractivity contribution in [3.8, 4) is 11.5 Å². The predicted octanol–water partition coefficient (Wildman–Crippen LogP) is 4.43. The summed E-state index contributed by atoms with van der Waals surface area (Å²) in [6.07, 6.45) is 7.91. The summed E-state index contributed by atoms with van der Waals surface area (Å²) in [5.41, 5.74) is 1.04. The first kappa shape index (κ1) is 23.0. The van der Waals surface area contributed by atoms with Crippen LogP contribution in [0.15, 0.2) is 51.6 Å². The second-order valence-electron chi connectivity index (χ2n) is 9.07. The highest BCUT2D eigenvalue weighted by Crippen LogP contribution is 2.32. The molecule has 0 spiro atoms. The summed E-state index contributed by atoms with van der Waals surface area (Å²) >= 11 is 0. The number of nitrogens with one attached hydrogen (secondary N) is 1. The lowest BCUT2D eigenvalue weighted by Crippen LogP contribution is -2.30. The van der Waals surface area contributed by atoms with Crippen LogP contribution in [0.3, 0.4) is 0 Å². The molecule has 0 saturated heterocycles. The van der Waals surface area contributed by atoms with Crippen LogP contribution in [0.25, 0.3) is 0 Å². The number of ether oxygens (including phenoxy) is 2. The summed E-state index contributed by atoms with van der Waals surface area (Å²) in [5, 5.41) is 6.74. The number of amides is 2. The van der Waals surface area contributed by atoms with Crippen LogP contribution in [0.1, 0.15) is 66.1 Å². The van der Waals surface area contributed by atoms with Crippen molar-refractivity contribution in [2.45, 2.75) is 58.2 Å². The lowest BCUT2D eigenvalue weighted by Gasteiger charge is -2.21. The molecular formula is C26H29N3O6. The monoisotopic (exact) mass is 479 g/mol. The van der Waals surface area contributed by atoms with Gasteiger partial charge in [0.25, 0.3) is 5.91 Å². The molecule has 1 aromatic carbocycles. The molecule has 1 N–H and O–H groups in total. The fourth-order valence-corrected chi connectivity index (χ4v) is 4.61. The van der Waals surface area contributed by atoms with Gasteiger partial charge in [0, 0.05) is 19.0 Å². The van der Waals surface area contributed by atoms with E-state index in [-0.39, 0.29) is 30.8 Å². The minimum absolute atomic E-state index is 0.0403. The van der Waals surface area contributed by atoms with Crippen LogP contribution in [0.4, 0.5) is 0 Å². The second kappa shape index (κ2) is 10.7. The van der Waals surface area contributed by atoms with Gasteiger partial charge in [0.2, 0.25) is 12.7 Å². The number of hydrogen-bond acceptors (Lipinski definition) is 7. The smallest absolute Gasteiger partial charge is 0.273 e. The van der Waals surface area contributed by atoms with Crippen LogP contribution < -0.4 is 14.8 Å². The Kier molecular flexibility index (Phi) is 7.02. The molecule has 1 saturated carbocycles. The van der Waals surface area contributed by atoms with E-state index in [0.29, 0.717) is 48.4 Å². The molecule has 3 heterocycles. The summed E-state index contributed by atoms with van der Waals surface area (Å²) < 4.78 is 21.5. The Morgan fingerprint density at radius 2 is 1.86 bits per heavy atom. The maximum atomic E-state index is 13.0. The van der Waals surface area contributed by atoms with Crippen molar-refractivity contribution in [3.05, 3.63) is 65.4 Å². The Balaban J connectivity index is 1.18. The maximum Gasteiger partial charge on any atom is 0.273 e. The first-order chi connectivity index (χ1) is 17.1. The van der Waals surface area contributed by atoms with Crippen molar-refractivity contribution in [3.63, 3.8) is 0 Å². The van der Waals surface area contributed by atoms with Crippen molar-refractivity contribution in [1.82, 2.24) is 15.4 Å². The molecule has 2 amide bonds. The highest BCUT2D eigenvalue weighted by atomic mass is 16.7. The zero-order valence-corrected chi connectivity index (χ0v) is 19.5. The number of carbonyl (C=O) groups excluding carboxylic acids is 2. The largest absolute Gasteiger partial charge is 0.467 e. The number of rotatable bonds is 10. The third kappa shape index (κ3) is 5.85. The summed E-state index contributed by atoms with van der Waals surface area (Å²) in [6.45, 7) is 1.06. The van der Waals surface area contributed by atoms with Crippen LogP contribution in [0.5, 0.6) is 11.5 Å². The SMILES string of the molecule is O=C(NCc1ccc2c(c1)OCO2)c1cc(CN(Cc2ccco2)C(=O)CCC2CCCC2)on1. The van der Waals surface area contributed by atoms with Gasteiger partial charge >= 0.3 is 0 Å². The Morgan fingerprint density at radius 1 is 1.03 bits per heavy atom. The Hall–Kier alpha value is -3.75. The van der Waals surface area contributed by atoms with E-state index in [1.807, 2.05) is 24.3 Å². The Morgan fingerprint density at radius 3 is 2.69 bits per heavy atom. The minimum Gasteiger partial charge on any atom is -0.467 e. The molecule has 2 aliphatic rings. The number of carbonyl (C=O) groups is 2. The Labute approximate surface area is 203 Å². The molecule has 0 radical (unpaired) electrons. The molecule has 0 bridgehead atoms.